The molecule has 0 radical (unpaired) electrons. The molecule has 0 atom stereocenters. The Morgan fingerprint density at radius 3 is 3.00 bits per heavy atom. The van der Waals surface area contributed by atoms with Crippen LogP contribution in [0.1, 0.15) is 23.7 Å². The van der Waals surface area contributed by atoms with Crippen LogP contribution >= 0.6 is 23.4 Å². The second-order valence-corrected chi connectivity index (χ2v) is 8.00. The number of benzene rings is 2. The third-order valence-corrected chi connectivity index (χ3v) is 5.41. The number of nitrogens with zero attached hydrogens (tertiary/aromatic N) is 3. The minimum atomic E-state index is -0.400. The number of aromatic nitrogens is 4. The molecule has 0 unspecified atom stereocenters. The van der Waals surface area contributed by atoms with Gasteiger partial charge >= 0.3 is 0 Å². The Kier molecular flexibility index (Phi) is 6.01. The van der Waals surface area contributed by atoms with Gasteiger partial charge in [-0.25, -0.2) is 9.37 Å². The molecule has 2 heterocycles. The van der Waals surface area contributed by atoms with Crippen LogP contribution in [0.5, 0.6) is 0 Å². The fourth-order valence-electron chi connectivity index (χ4n) is 2.77. The zero-order valence-electron chi connectivity index (χ0n) is 15.9. The fraction of sp³-hybridized carbons (Fsp3) is 0.200. The summed E-state index contributed by atoms with van der Waals surface area (Å²) in [7, 11) is 0. The minimum Gasteiger partial charge on any atom is -0.339 e. The van der Waals surface area contributed by atoms with Crippen molar-refractivity contribution < 1.29 is 13.7 Å². The van der Waals surface area contributed by atoms with Crippen molar-refractivity contribution in [3.05, 3.63) is 64.5 Å². The van der Waals surface area contributed by atoms with E-state index < -0.39 is 5.82 Å². The van der Waals surface area contributed by atoms with E-state index in [1.807, 2.05) is 12.1 Å². The van der Waals surface area contributed by atoms with Gasteiger partial charge in [-0.1, -0.05) is 34.6 Å². The zero-order valence-corrected chi connectivity index (χ0v) is 17.5. The van der Waals surface area contributed by atoms with Gasteiger partial charge in [-0.3, -0.25) is 4.79 Å². The normalized spacial score (nSPS) is 11.2. The zero-order chi connectivity index (χ0) is 21.1. The maximum Gasteiger partial charge on any atom is 0.227 e. The van der Waals surface area contributed by atoms with Gasteiger partial charge in [0, 0.05) is 23.6 Å². The van der Waals surface area contributed by atoms with Gasteiger partial charge in [0.2, 0.25) is 11.8 Å². The van der Waals surface area contributed by atoms with Gasteiger partial charge in [0.15, 0.2) is 11.0 Å². The van der Waals surface area contributed by atoms with Gasteiger partial charge in [-0.05, 0) is 42.8 Å². The van der Waals surface area contributed by atoms with Crippen LogP contribution < -0.4 is 5.32 Å². The molecule has 154 valence electrons. The number of aryl methyl sites for hydroxylation is 2. The van der Waals surface area contributed by atoms with E-state index in [1.54, 1.807) is 19.1 Å². The second-order valence-electron chi connectivity index (χ2n) is 6.60. The van der Waals surface area contributed by atoms with E-state index in [-0.39, 0.29) is 12.3 Å². The quantitative estimate of drug-likeness (QED) is 0.392. The van der Waals surface area contributed by atoms with E-state index in [1.165, 1.54) is 23.9 Å². The lowest BCUT2D eigenvalue weighted by molar-refractivity contribution is -0.116. The van der Waals surface area contributed by atoms with Crippen molar-refractivity contribution in [2.24, 2.45) is 0 Å². The van der Waals surface area contributed by atoms with Crippen LogP contribution in [0.3, 0.4) is 0 Å². The Bertz CT molecular complexity index is 1210. The molecule has 0 saturated carbocycles. The highest BCUT2D eigenvalue weighted by Crippen LogP contribution is 2.24. The lowest BCUT2D eigenvalue weighted by Gasteiger charge is -2.07. The number of hydrogen-bond donors (Lipinski definition) is 2. The first-order valence-electron chi connectivity index (χ1n) is 9.12. The summed E-state index contributed by atoms with van der Waals surface area (Å²) in [5, 5.41) is 8.00. The molecule has 4 rings (SSSR count). The first kappa shape index (κ1) is 20.4. The number of thioether (sulfide) groups is 1. The van der Waals surface area contributed by atoms with E-state index >= 15 is 0 Å². The van der Waals surface area contributed by atoms with Crippen molar-refractivity contribution in [1.82, 2.24) is 20.1 Å². The minimum absolute atomic E-state index is 0.148. The van der Waals surface area contributed by atoms with E-state index in [0.717, 1.165) is 21.8 Å². The first-order chi connectivity index (χ1) is 14.5. The van der Waals surface area contributed by atoms with E-state index in [4.69, 9.17) is 16.1 Å². The highest BCUT2D eigenvalue weighted by molar-refractivity contribution is 7.98. The summed E-state index contributed by atoms with van der Waals surface area (Å²) in [6, 6.07) is 9.71. The average Bonchev–Trinajstić information content (AvgIpc) is 3.33. The molecule has 30 heavy (non-hydrogen) atoms. The monoisotopic (exact) mass is 445 g/mol. The Morgan fingerprint density at radius 2 is 2.13 bits per heavy atom. The number of hydrogen-bond acceptors (Lipinski definition) is 6. The molecule has 0 bridgehead atoms. The number of anilines is 1. The Morgan fingerprint density at radius 1 is 1.27 bits per heavy atom. The molecule has 0 fully saturated rings. The maximum absolute atomic E-state index is 13.3. The largest absolute Gasteiger partial charge is 0.339 e. The van der Waals surface area contributed by atoms with Crippen molar-refractivity contribution in [2.75, 3.05) is 5.32 Å². The number of carbonyl (C=O) groups excluding carboxylic acids is 1. The molecule has 7 nitrogen and oxygen atoms in total. The molecule has 10 heteroatoms. The number of fused-ring (bicyclic) bond motifs is 1. The van der Waals surface area contributed by atoms with Crippen LogP contribution in [0.4, 0.5) is 10.1 Å². The highest BCUT2D eigenvalue weighted by Gasteiger charge is 2.12. The van der Waals surface area contributed by atoms with Crippen LogP contribution in [0.25, 0.3) is 11.0 Å². The summed E-state index contributed by atoms with van der Waals surface area (Å²) in [5.41, 5.74) is 2.93. The molecule has 1 amide bonds. The van der Waals surface area contributed by atoms with Crippen LogP contribution in [0.15, 0.2) is 46.1 Å². The molecule has 2 N–H and O–H groups in total. The predicted molar refractivity (Wildman–Crippen MR) is 113 cm³/mol. The summed E-state index contributed by atoms with van der Waals surface area (Å²) in [6.45, 7) is 1.80. The summed E-state index contributed by atoms with van der Waals surface area (Å²) < 4.78 is 18.5. The van der Waals surface area contributed by atoms with E-state index in [0.29, 0.717) is 34.6 Å². The van der Waals surface area contributed by atoms with Crippen molar-refractivity contribution in [3.8, 4) is 0 Å². The number of halogens is 2. The molecule has 2 aromatic heterocycles. The lowest BCUT2D eigenvalue weighted by atomic mass is 10.2. The van der Waals surface area contributed by atoms with Gasteiger partial charge < -0.3 is 14.8 Å². The average molecular weight is 446 g/mol. The lowest BCUT2D eigenvalue weighted by Crippen LogP contribution is -2.13. The van der Waals surface area contributed by atoms with Crippen molar-refractivity contribution in [1.29, 1.82) is 0 Å². The summed E-state index contributed by atoms with van der Waals surface area (Å²) in [5.74, 6) is 0.690. The van der Waals surface area contributed by atoms with Crippen molar-refractivity contribution >= 4 is 46.0 Å². The molecular weight excluding hydrogens is 429 g/mol. The third-order valence-electron chi connectivity index (χ3n) is 4.31. The molecule has 4 aromatic rings. The topological polar surface area (TPSA) is 96.7 Å². The second kappa shape index (κ2) is 8.85. The third kappa shape index (κ3) is 4.98. The molecule has 0 saturated heterocycles. The number of nitrogens with one attached hydrogen (secondary N) is 2. The van der Waals surface area contributed by atoms with Gasteiger partial charge in [0.25, 0.3) is 0 Å². The van der Waals surface area contributed by atoms with Crippen LogP contribution in [-0.4, -0.2) is 26.0 Å². The molecule has 2 aromatic carbocycles. The number of aromatic amines is 1. The van der Waals surface area contributed by atoms with Crippen molar-refractivity contribution in [2.45, 2.75) is 30.7 Å². The summed E-state index contributed by atoms with van der Waals surface area (Å²) >= 11 is 7.42. The molecule has 0 spiro atoms. The van der Waals surface area contributed by atoms with E-state index in [9.17, 15) is 9.18 Å². The standard InChI is InChI=1S/C20H17ClFN5O2S/c1-11-2-4-13(22)9-15(11)23-18(28)6-7-19-26-17(27-29-19)10-30-20-24-14-5-3-12(21)8-16(14)25-20/h2-5,8-9H,6-7,10H2,1H3,(H,23,28)(H,24,25). The molecular formula is C20H17ClFN5O2S. The van der Waals surface area contributed by atoms with Crippen molar-refractivity contribution in [3.63, 3.8) is 0 Å². The highest BCUT2D eigenvalue weighted by atomic mass is 35.5. The fourth-order valence-corrected chi connectivity index (χ4v) is 3.67. The summed E-state index contributed by atoms with van der Waals surface area (Å²) in [6.07, 6.45) is 0.441. The van der Waals surface area contributed by atoms with Gasteiger partial charge in [0.05, 0.1) is 16.8 Å². The van der Waals surface area contributed by atoms with Crippen LogP contribution in [0, 0.1) is 12.7 Å². The number of rotatable bonds is 7. The number of H-pyrrole nitrogens is 1. The van der Waals surface area contributed by atoms with Gasteiger partial charge in [0.1, 0.15) is 5.82 Å². The first-order valence-corrected chi connectivity index (χ1v) is 10.5. The van der Waals surface area contributed by atoms with Gasteiger partial charge in [-0.15, -0.1) is 0 Å². The number of carbonyl (C=O) groups is 1. The maximum atomic E-state index is 13.3. The van der Waals surface area contributed by atoms with Crippen LogP contribution in [0.2, 0.25) is 5.02 Å². The number of imidazole rings is 1. The molecule has 0 aliphatic rings. The molecule has 0 aliphatic heterocycles. The van der Waals surface area contributed by atoms with Crippen LogP contribution in [-0.2, 0) is 17.0 Å². The predicted octanol–water partition coefficient (Wildman–Crippen LogP) is 4.91. The van der Waals surface area contributed by atoms with Gasteiger partial charge in [-0.2, -0.15) is 4.98 Å². The Hall–Kier alpha value is -2.91. The number of amides is 1. The Balaban J connectivity index is 1.29. The van der Waals surface area contributed by atoms with E-state index in [2.05, 4.69) is 25.4 Å². The molecule has 0 aliphatic carbocycles. The summed E-state index contributed by atoms with van der Waals surface area (Å²) in [4.78, 5) is 24.1. The SMILES string of the molecule is Cc1ccc(F)cc1NC(=O)CCc1nc(CSc2nc3ccc(Cl)cc3[nH]2)no1. The smallest absolute Gasteiger partial charge is 0.227 e. The Labute approximate surface area is 180 Å².